The lowest BCUT2D eigenvalue weighted by Crippen LogP contribution is -2.32. The van der Waals surface area contributed by atoms with E-state index in [0.29, 0.717) is 23.0 Å². The second-order valence-electron chi connectivity index (χ2n) is 6.01. The molecule has 2 aliphatic heterocycles. The lowest BCUT2D eigenvalue weighted by atomic mass is 10.1. The van der Waals surface area contributed by atoms with Crippen LogP contribution in [0.4, 0.5) is 0 Å². The standard InChI is InChI=1S/C20H17NO5/c22-19-8-9-20(23)21(19)12-16(26-15-4-2-1-3-5-15)10-14-6-7-17-18(11-14)25-13-24-17/h1-7,10-11H,8-9,12-13H2/b16-10-. The van der Waals surface area contributed by atoms with Crippen molar-refractivity contribution in [3.8, 4) is 17.2 Å². The average molecular weight is 351 g/mol. The summed E-state index contributed by atoms with van der Waals surface area (Å²) in [4.78, 5) is 25.2. The molecule has 0 radical (unpaired) electrons. The Kier molecular flexibility index (Phi) is 4.31. The Morgan fingerprint density at radius 3 is 2.50 bits per heavy atom. The number of carbonyl (C=O) groups excluding carboxylic acids is 2. The number of benzene rings is 2. The molecule has 2 aromatic rings. The highest BCUT2D eigenvalue weighted by molar-refractivity contribution is 6.02. The highest BCUT2D eigenvalue weighted by Crippen LogP contribution is 2.33. The summed E-state index contributed by atoms with van der Waals surface area (Å²) >= 11 is 0. The van der Waals surface area contributed by atoms with Crippen LogP contribution in [0.5, 0.6) is 17.2 Å². The van der Waals surface area contributed by atoms with Crippen LogP contribution in [0.15, 0.2) is 54.3 Å². The molecule has 6 heteroatoms. The molecule has 2 aliphatic rings. The first kappa shape index (κ1) is 16.2. The number of fused-ring (bicyclic) bond motifs is 1. The van der Waals surface area contributed by atoms with Crippen LogP contribution in [-0.2, 0) is 9.59 Å². The summed E-state index contributed by atoms with van der Waals surface area (Å²) < 4.78 is 16.7. The molecule has 0 spiro atoms. The number of carbonyl (C=O) groups is 2. The summed E-state index contributed by atoms with van der Waals surface area (Å²) in [6.45, 7) is 0.299. The van der Waals surface area contributed by atoms with E-state index in [2.05, 4.69) is 0 Å². The Labute approximate surface area is 150 Å². The third-order valence-electron chi connectivity index (χ3n) is 4.19. The van der Waals surface area contributed by atoms with Crippen LogP contribution >= 0.6 is 0 Å². The van der Waals surface area contributed by atoms with E-state index in [4.69, 9.17) is 14.2 Å². The molecule has 0 N–H and O–H groups in total. The second-order valence-corrected chi connectivity index (χ2v) is 6.01. The quantitative estimate of drug-likeness (QED) is 0.612. The van der Waals surface area contributed by atoms with Gasteiger partial charge in [-0.2, -0.15) is 0 Å². The van der Waals surface area contributed by atoms with Crippen molar-refractivity contribution in [2.75, 3.05) is 13.3 Å². The number of nitrogens with zero attached hydrogens (tertiary/aromatic N) is 1. The van der Waals surface area contributed by atoms with Crippen LogP contribution in [0.2, 0.25) is 0 Å². The smallest absolute Gasteiger partial charge is 0.231 e. The lowest BCUT2D eigenvalue weighted by Gasteiger charge is -2.17. The molecule has 0 aliphatic carbocycles. The minimum atomic E-state index is -0.178. The molecule has 0 bridgehead atoms. The zero-order chi connectivity index (χ0) is 17.9. The molecule has 4 rings (SSSR count). The molecule has 2 heterocycles. The largest absolute Gasteiger partial charge is 0.460 e. The monoisotopic (exact) mass is 351 g/mol. The van der Waals surface area contributed by atoms with Crippen molar-refractivity contribution in [3.63, 3.8) is 0 Å². The van der Waals surface area contributed by atoms with Gasteiger partial charge < -0.3 is 14.2 Å². The van der Waals surface area contributed by atoms with Gasteiger partial charge in [-0.3, -0.25) is 14.5 Å². The highest BCUT2D eigenvalue weighted by atomic mass is 16.7. The van der Waals surface area contributed by atoms with Crippen LogP contribution in [0, 0.1) is 0 Å². The molecule has 0 saturated carbocycles. The Morgan fingerprint density at radius 1 is 1.00 bits per heavy atom. The van der Waals surface area contributed by atoms with Crippen molar-refractivity contribution in [2.45, 2.75) is 12.8 Å². The van der Waals surface area contributed by atoms with Crippen molar-refractivity contribution < 1.29 is 23.8 Å². The minimum absolute atomic E-state index is 0.0982. The van der Waals surface area contributed by atoms with E-state index in [0.717, 1.165) is 5.56 Å². The summed E-state index contributed by atoms with van der Waals surface area (Å²) in [7, 11) is 0. The Balaban J connectivity index is 1.63. The van der Waals surface area contributed by atoms with E-state index in [-0.39, 0.29) is 38.0 Å². The van der Waals surface area contributed by atoms with Gasteiger partial charge in [0, 0.05) is 12.8 Å². The predicted molar refractivity (Wildman–Crippen MR) is 93.6 cm³/mol. The van der Waals surface area contributed by atoms with Crippen LogP contribution in [0.1, 0.15) is 18.4 Å². The minimum Gasteiger partial charge on any atom is -0.460 e. The van der Waals surface area contributed by atoms with E-state index >= 15 is 0 Å². The third-order valence-corrected chi connectivity index (χ3v) is 4.19. The van der Waals surface area contributed by atoms with Crippen molar-refractivity contribution in [3.05, 3.63) is 59.9 Å². The average Bonchev–Trinajstić information content (AvgIpc) is 3.24. The van der Waals surface area contributed by atoms with E-state index < -0.39 is 0 Å². The van der Waals surface area contributed by atoms with E-state index in [1.165, 1.54) is 4.90 Å². The first-order valence-electron chi connectivity index (χ1n) is 8.35. The fourth-order valence-corrected chi connectivity index (χ4v) is 2.89. The number of hydrogen-bond acceptors (Lipinski definition) is 5. The van der Waals surface area contributed by atoms with Crippen LogP contribution in [0.25, 0.3) is 6.08 Å². The van der Waals surface area contributed by atoms with E-state index in [1.807, 2.05) is 48.5 Å². The molecule has 2 amide bonds. The first-order chi connectivity index (χ1) is 12.7. The lowest BCUT2D eigenvalue weighted by molar-refractivity contribution is -0.138. The summed E-state index contributed by atoms with van der Waals surface area (Å²) in [5.41, 5.74) is 0.833. The molecule has 1 fully saturated rings. The number of imide groups is 1. The van der Waals surface area contributed by atoms with E-state index in [9.17, 15) is 9.59 Å². The number of hydrogen-bond donors (Lipinski definition) is 0. The maximum Gasteiger partial charge on any atom is 0.231 e. The number of rotatable bonds is 5. The highest BCUT2D eigenvalue weighted by Gasteiger charge is 2.30. The molecular weight excluding hydrogens is 334 g/mol. The molecular formula is C20H17NO5. The second kappa shape index (κ2) is 6.92. The number of ether oxygens (including phenoxy) is 3. The number of likely N-dealkylation sites (tertiary alicyclic amines) is 1. The first-order valence-corrected chi connectivity index (χ1v) is 8.35. The van der Waals surface area contributed by atoms with Gasteiger partial charge in [0.1, 0.15) is 11.5 Å². The van der Waals surface area contributed by atoms with Crippen LogP contribution < -0.4 is 14.2 Å². The molecule has 0 atom stereocenters. The van der Waals surface area contributed by atoms with Crippen molar-refractivity contribution >= 4 is 17.9 Å². The van der Waals surface area contributed by atoms with Gasteiger partial charge in [-0.25, -0.2) is 0 Å². The Morgan fingerprint density at radius 2 is 1.73 bits per heavy atom. The molecule has 1 saturated heterocycles. The predicted octanol–water partition coefficient (Wildman–Crippen LogP) is 2.98. The maximum atomic E-state index is 12.0. The normalized spacial score (nSPS) is 16.3. The van der Waals surface area contributed by atoms with Crippen LogP contribution in [0.3, 0.4) is 0 Å². The van der Waals surface area contributed by atoms with Gasteiger partial charge in [0.25, 0.3) is 0 Å². The maximum absolute atomic E-state index is 12.0. The van der Waals surface area contributed by atoms with Gasteiger partial charge in [0.2, 0.25) is 18.6 Å². The van der Waals surface area contributed by atoms with Gasteiger partial charge in [-0.15, -0.1) is 0 Å². The number of amides is 2. The van der Waals surface area contributed by atoms with Crippen LogP contribution in [-0.4, -0.2) is 30.1 Å². The fraction of sp³-hybridized carbons (Fsp3) is 0.200. The fourth-order valence-electron chi connectivity index (χ4n) is 2.89. The Hall–Kier alpha value is -3.28. The molecule has 0 unspecified atom stereocenters. The molecule has 6 nitrogen and oxygen atoms in total. The van der Waals surface area contributed by atoms with Gasteiger partial charge >= 0.3 is 0 Å². The summed E-state index contributed by atoms with van der Waals surface area (Å²) in [6.07, 6.45) is 2.30. The topological polar surface area (TPSA) is 65.1 Å². The zero-order valence-electron chi connectivity index (χ0n) is 14.0. The zero-order valence-corrected chi connectivity index (χ0v) is 14.0. The van der Waals surface area contributed by atoms with Crippen molar-refractivity contribution in [1.29, 1.82) is 0 Å². The molecule has 0 aromatic heterocycles. The van der Waals surface area contributed by atoms with Gasteiger partial charge in [0.05, 0.1) is 6.54 Å². The van der Waals surface area contributed by atoms with Gasteiger partial charge in [-0.1, -0.05) is 24.3 Å². The van der Waals surface area contributed by atoms with Crippen molar-refractivity contribution in [2.24, 2.45) is 0 Å². The summed E-state index contributed by atoms with van der Waals surface area (Å²) in [5.74, 6) is 2.13. The SMILES string of the molecule is O=C1CCC(=O)N1C/C(=C/c1ccc2c(c1)OCO2)Oc1ccccc1. The Bertz CT molecular complexity index is 859. The summed E-state index contributed by atoms with van der Waals surface area (Å²) in [5, 5.41) is 0. The molecule has 26 heavy (non-hydrogen) atoms. The molecule has 2 aromatic carbocycles. The third kappa shape index (κ3) is 3.39. The molecule has 132 valence electrons. The van der Waals surface area contributed by atoms with E-state index in [1.54, 1.807) is 6.08 Å². The van der Waals surface area contributed by atoms with Gasteiger partial charge in [-0.05, 0) is 35.9 Å². The van der Waals surface area contributed by atoms with Gasteiger partial charge in [0.15, 0.2) is 11.5 Å². The number of para-hydroxylation sites is 1. The van der Waals surface area contributed by atoms with Crippen molar-refractivity contribution in [1.82, 2.24) is 4.90 Å². The summed E-state index contributed by atoms with van der Waals surface area (Å²) in [6, 6.07) is 14.8.